The lowest BCUT2D eigenvalue weighted by Gasteiger charge is -2.13. The van der Waals surface area contributed by atoms with Gasteiger partial charge in [0.2, 0.25) is 0 Å². The van der Waals surface area contributed by atoms with E-state index in [1.54, 1.807) is 23.6 Å². The molecule has 1 aromatic heterocycles. The summed E-state index contributed by atoms with van der Waals surface area (Å²) in [4.78, 5) is 0. The van der Waals surface area contributed by atoms with Crippen molar-refractivity contribution in [3.8, 4) is 11.4 Å². The molecule has 103 valence electrons. The fraction of sp³-hybridized carbons (Fsp3) is 0.231. The van der Waals surface area contributed by atoms with Crippen LogP contribution in [0.25, 0.3) is 5.69 Å². The maximum absolute atomic E-state index is 12.2. The highest BCUT2D eigenvalue weighted by Crippen LogP contribution is 2.29. The van der Waals surface area contributed by atoms with Crippen LogP contribution >= 0.6 is 0 Å². The molecule has 0 fully saturated rings. The number of alkyl halides is 3. The second-order valence-corrected chi connectivity index (χ2v) is 4.28. The van der Waals surface area contributed by atoms with E-state index < -0.39 is 6.36 Å². The second kappa shape index (κ2) is 4.36. The van der Waals surface area contributed by atoms with Gasteiger partial charge in [0.15, 0.2) is 0 Å². The minimum Gasteiger partial charge on any atom is -0.406 e. The van der Waals surface area contributed by atoms with E-state index in [0.717, 1.165) is 5.82 Å². The summed E-state index contributed by atoms with van der Waals surface area (Å²) in [5.41, 5.74) is 1.19. The molecule has 0 spiro atoms. The number of aromatic nitrogens is 3. The summed E-state index contributed by atoms with van der Waals surface area (Å²) >= 11 is 0. The number of hydrogen-bond donors (Lipinski definition) is 0. The molecular formula is C13H9F3N3O. The highest BCUT2D eigenvalue weighted by molar-refractivity contribution is 5.51. The molecule has 0 saturated heterocycles. The number of fused-ring (bicyclic) bond motifs is 3. The summed E-state index contributed by atoms with van der Waals surface area (Å²) in [5, 5.41) is 8.00. The average molecular weight is 280 g/mol. The standard InChI is InChI=1S/C13H9F3N3O/c1-8-17-18-12-4-2-3-9-7-10(20-13(14,15)16)5-6-11(9)19(8)12/h2,5-7H,4H2,1H3. The molecule has 0 amide bonds. The lowest BCUT2D eigenvalue weighted by atomic mass is 10.1. The number of benzene rings is 1. The van der Waals surface area contributed by atoms with Gasteiger partial charge in [0.25, 0.3) is 0 Å². The molecule has 7 heteroatoms. The monoisotopic (exact) mass is 280 g/mol. The third-order valence-electron chi connectivity index (χ3n) is 2.88. The molecule has 1 aliphatic heterocycles. The van der Waals surface area contributed by atoms with Gasteiger partial charge in [-0.3, -0.25) is 4.57 Å². The molecule has 20 heavy (non-hydrogen) atoms. The zero-order valence-corrected chi connectivity index (χ0v) is 10.4. The Morgan fingerprint density at radius 3 is 2.85 bits per heavy atom. The zero-order valence-electron chi connectivity index (χ0n) is 10.4. The third-order valence-corrected chi connectivity index (χ3v) is 2.88. The van der Waals surface area contributed by atoms with Gasteiger partial charge in [-0.25, -0.2) is 0 Å². The van der Waals surface area contributed by atoms with Gasteiger partial charge in [-0.2, -0.15) is 0 Å². The normalized spacial score (nSPS) is 13.6. The Labute approximate surface area is 112 Å². The molecule has 1 radical (unpaired) electrons. The van der Waals surface area contributed by atoms with Crippen LogP contribution in [0.3, 0.4) is 0 Å². The van der Waals surface area contributed by atoms with Crippen molar-refractivity contribution in [3.05, 3.63) is 47.6 Å². The first-order valence-electron chi connectivity index (χ1n) is 5.83. The van der Waals surface area contributed by atoms with Crippen molar-refractivity contribution >= 4 is 0 Å². The smallest absolute Gasteiger partial charge is 0.406 e. The molecule has 1 aromatic carbocycles. The molecule has 2 heterocycles. The molecule has 0 N–H and O–H groups in total. The average Bonchev–Trinajstić information content (AvgIpc) is 2.61. The highest BCUT2D eigenvalue weighted by atomic mass is 19.4. The molecule has 2 aromatic rings. The van der Waals surface area contributed by atoms with Crippen LogP contribution in [-0.4, -0.2) is 21.1 Å². The van der Waals surface area contributed by atoms with Crippen molar-refractivity contribution in [1.82, 2.24) is 14.8 Å². The molecular weight excluding hydrogens is 271 g/mol. The topological polar surface area (TPSA) is 39.9 Å². The molecule has 1 aliphatic rings. The van der Waals surface area contributed by atoms with Crippen LogP contribution in [0.1, 0.15) is 17.2 Å². The van der Waals surface area contributed by atoms with Gasteiger partial charge in [0.05, 0.1) is 5.69 Å². The Morgan fingerprint density at radius 1 is 1.30 bits per heavy atom. The van der Waals surface area contributed by atoms with Crippen LogP contribution in [0, 0.1) is 13.0 Å². The first kappa shape index (κ1) is 12.7. The third kappa shape index (κ3) is 2.26. The Morgan fingerprint density at radius 2 is 2.10 bits per heavy atom. The number of hydrogen-bond acceptors (Lipinski definition) is 3. The largest absolute Gasteiger partial charge is 0.573 e. The van der Waals surface area contributed by atoms with E-state index in [2.05, 4.69) is 21.0 Å². The van der Waals surface area contributed by atoms with Crippen LogP contribution in [0.15, 0.2) is 24.3 Å². The predicted molar refractivity (Wildman–Crippen MR) is 63.4 cm³/mol. The Kier molecular flexibility index (Phi) is 2.77. The first-order chi connectivity index (χ1) is 9.44. The van der Waals surface area contributed by atoms with Crippen LogP contribution in [-0.2, 0) is 6.42 Å². The summed E-state index contributed by atoms with van der Waals surface area (Å²) < 4.78 is 42.4. The van der Waals surface area contributed by atoms with E-state index in [1.165, 1.54) is 12.1 Å². The maximum atomic E-state index is 12.2. The van der Waals surface area contributed by atoms with E-state index in [1.807, 2.05) is 0 Å². The van der Waals surface area contributed by atoms with Crippen LogP contribution < -0.4 is 4.74 Å². The van der Waals surface area contributed by atoms with E-state index in [4.69, 9.17) is 0 Å². The number of halogens is 3. The van der Waals surface area contributed by atoms with Crippen molar-refractivity contribution in [2.24, 2.45) is 0 Å². The van der Waals surface area contributed by atoms with E-state index in [-0.39, 0.29) is 5.75 Å². The minimum absolute atomic E-state index is 0.272. The van der Waals surface area contributed by atoms with E-state index >= 15 is 0 Å². The Balaban J connectivity index is 2.09. The predicted octanol–water partition coefficient (Wildman–Crippen LogP) is 2.74. The highest BCUT2D eigenvalue weighted by Gasteiger charge is 2.31. The summed E-state index contributed by atoms with van der Waals surface area (Å²) in [6.07, 6.45) is 0.473. The minimum atomic E-state index is -4.71. The quantitative estimate of drug-likeness (QED) is 0.806. The number of ether oxygens (including phenoxy) is 1. The fourth-order valence-electron chi connectivity index (χ4n) is 2.13. The van der Waals surface area contributed by atoms with Crippen LogP contribution in [0.4, 0.5) is 13.2 Å². The maximum Gasteiger partial charge on any atom is 0.573 e. The van der Waals surface area contributed by atoms with Crippen molar-refractivity contribution in [2.75, 3.05) is 0 Å². The molecule has 0 unspecified atom stereocenters. The van der Waals surface area contributed by atoms with Gasteiger partial charge in [-0.15, -0.1) is 23.4 Å². The van der Waals surface area contributed by atoms with Crippen LogP contribution in [0.2, 0.25) is 0 Å². The molecule has 0 saturated carbocycles. The van der Waals surface area contributed by atoms with Crippen molar-refractivity contribution in [2.45, 2.75) is 19.7 Å². The first-order valence-corrected chi connectivity index (χ1v) is 5.83. The number of rotatable bonds is 1. The number of aryl methyl sites for hydroxylation is 1. The van der Waals surface area contributed by atoms with Crippen molar-refractivity contribution in [1.29, 1.82) is 0 Å². The summed E-state index contributed by atoms with van der Waals surface area (Å²) in [5.74, 6) is 1.12. The molecule has 0 aliphatic carbocycles. The number of allylic oxidation sites excluding steroid dienone is 1. The second-order valence-electron chi connectivity index (χ2n) is 4.28. The molecule has 4 nitrogen and oxygen atoms in total. The number of nitrogens with zero attached hydrogens (tertiary/aromatic N) is 3. The van der Waals surface area contributed by atoms with Gasteiger partial charge in [-0.1, -0.05) is 6.08 Å². The Bertz CT molecular complexity index is 689. The van der Waals surface area contributed by atoms with Crippen molar-refractivity contribution < 1.29 is 17.9 Å². The fourth-order valence-corrected chi connectivity index (χ4v) is 2.13. The van der Waals surface area contributed by atoms with Gasteiger partial charge in [0.1, 0.15) is 17.4 Å². The van der Waals surface area contributed by atoms with E-state index in [9.17, 15) is 13.2 Å². The molecule has 0 atom stereocenters. The summed E-state index contributed by atoms with van der Waals surface area (Å²) in [6.45, 7) is 1.78. The molecule has 0 bridgehead atoms. The summed E-state index contributed by atoms with van der Waals surface area (Å²) in [7, 11) is 0. The Hall–Kier alpha value is -2.31. The summed E-state index contributed by atoms with van der Waals surface area (Å²) in [6, 6.07) is 4.11. The zero-order chi connectivity index (χ0) is 14.3. The molecule has 3 rings (SSSR count). The van der Waals surface area contributed by atoms with Gasteiger partial charge >= 0.3 is 6.36 Å². The SMILES string of the molecule is Cc1nnc2n1-c1ccc(OC(F)(F)F)cc1[C]=CC2. The van der Waals surface area contributed by atoms with Crippen molar-refractivity contribution in [3.63, 3.8) is 0 Å². The van der Waals surface area contributed by atoms with Gasteiger partial charge in [0, 0.05) is 12.0 Å². The van der Waals surface area contributed by atoms with Gasteiger partial charge in [-0.05, 0) is 31.2 Å². The lowest BCUT2D eigenvalue weighted by molar-refractivity contribution is -0.274. The van der Waals surface area contributed by atoms with Crippen LogP contribution in [0.5, 0.6) is 5.75 Å². The lowest BCUT2D eigenvalue weighted by Crippen LogP contribution is -2.17. The van der Waals surface area contributed by atoms with E-state index in [0.29, 0.717) is 23.5 Å². The van der Waals surface area contributed by atoms with Gasteiger partial charge < -0.3 is 4.74 Å².